The van der Waals surface area contributed by atoms with Crippen LogP contribution < -0.4 is 0 Å². The Labute approximate surface area is 116 Å². The smallest absolute Gasteiger partial charge is 0.105 e. The molecule has 2 nitrogen and oxygen atoms in total. The Morgan fingerprint density at radius 1 is 1.26 bits per heavy atom. The van der Waals surface area contributed by atoms with E-state index in [1.807, 2.05) is 11.3 Å². The summed E-state index contributed by atoms with van der Waals surface area (Å²) in [6, 6.07) is 10.8. The SMILES string of the molecule is Cc1c(-c2cc3ccccc3s2)nn(C)c1C1CC1. The average molecular weight is 268 g/mol. The minimum atomic E-state index is 0.751. The van der Waals surface area contributed by atoms with Crippen LogP contribution in [0, 0.1) is 6.92 Å². The van der Waals surface area contributed by atoms with Gasteiger partial charge in [0.1, 0.15) is 5.69 Å². The Morgan fingerprint density at radius 2 is 2.05 bits per heavy atom. The van der Waals surface area contributed by atoms with Gasteiger partial charge in [-0.15, -0.1) is 11.3 Å². The molecule has 0 amide bonds. The van der Waals surface area contributed by atoms with Crippen molar-refractivity contribution in [3.63, 3.8) is 0 Å². The summed E-state index contributed by atoms with van der Waals surface area (Å²) in [4.78, 5) is 1.29. The molecule has 3 aromatic rings. The molecule has 0 radical (unpaired) electrons. The van der Waals surface area contributed by atoms with E-state index in [2.05, 4.69) is 49.0 Å². The molecule has 0 atom stereocenters. The molecule has 1 aromatic carbocycles. The van der Waals surface area contributed by atoms with Crippen molar-refractivity contribution in [2.45, 2.75) is 25.7 Å². The molecule has 0 aliphatic heterocycles. The van der Waals surface area contributed by atoms with Crippen LogP contribution in [0.2, 0.25) is 0 Å². The van der Waals surface area contributed by atoms with Crippen molar-refractivity contribution in [3.8, 4) is 10.6 Å². The van der Waals surface area contributed by atoms with Gasteiger partial charge in [0.25, 0.3) is 0 Å². The van der Waals surface area contributed by atoms with Gasteiger partial charge in [-0.25, -0.2) is 0 Å². The summed E-state index contributed by atoms with van der Waals surface area (Å²) in [5, 5.41) is 6.08. The Morgan fingerprint density at radius 3 is 2.79 bits per heavy atom. The number of fused-ring (bicyclic) bond motifs is 1. The van der Waals surface area contributed by atoms with Gasteiger partial charge in [-0.3, -0.25) is 4.68 Å². The minimum absolute atomic E-state index is 0.751. The lowest BCUT2D eigenvalue weighted by Crippen LogP contribution is -1.96. The second-order valence-electron chi connectivity index (χ2n) is 5.41. The molecule has 0 N–H and O–H groups in total. The zero-order valence-electron chi connectivity index (χ0n) is 11.2. The summed E-state index contributed by atoms with van der Waals surface area (Å²) in [5.74, 6) is 0.751. The maximum absolute atomic E-state index is 4.76. The van der Waals surface area contributed by atoms with Crippen LogP contribution in [0.5, 0.6) is 0 Å². The van der Waals surface area contributed by atoms with Gasteiger partial charge in [-0.05, 0) is 42.8 Å². The molecule has 19 heavy (non-hydrogen) atoms. The largest absolute Gasteiger partial charge is 0.271 e. The first kappa shape index (κ1) is 11.2. The molecule has 0 saturated heterocycles. The summed E-state index contributed by atoms with van der Waals surface area (Å²) >= 11 is 1.84. The summed E-state index contributed by atoms with van der Waals surface area (Å²) < 4.78 is 3.43. The van der Waals surface area contributed by atoms with Crippen molar-refractivity contribution >= 4 is 21.4 Å². The number of thiophene rings is 1. The topological polar surface area (TPSA) is 17.8 Å². The predicted molar refractivity (Wildman–Crippen MR) is 80.7 cm³/mol. The van der Waals surface area contributed by atoms with E-state index >= 15 is 0 Å². The van der Waals surface area contributed by atoms with Gasteiger partial charge in [0.2, 0.25) is 0 Å². The summed E-state index contributed by atoms with van der Waals surface area (Å²) in [6.45, 7) is 2.22. The summed E-state index contributed by atoms with van der Waals surface area (Å²) in [5.41, 5.74) is 3.98. The molecule has 1 fully saturated rings. The van der Waals surface area contributed by atoms with Gasteiger partial charge < -0.3 is 0 Å². The van der Waals surface area contributed by atoms with E-state index in [9.17, 15) is 0 Å². The third-order valence-corrected chi connectivity index (χ3v) is 5.08. The van der Waals surface area contributed by atoms with E-state index in [0.29, 0.717) is 0 Å². The van der Waals surface area contributed by atoms with Gasteiger partial charge in [0, 0.05) is 23.4 Å². The molecular weight excluding hydrogens is 252 g/mol. The molecule has 1 aliphatic rings. The maximum atomic E-state index is 4.76. The van der Waals surface area contributed by atoms with Gasteiger partial charge in [0.05, 0.1) is 4.88 Å². The zero-order chi connectivity index (χ0) is 13.0. The molecule has 1 aliphatic carbocycles. The van der Waals surface area contributed by atoms with E-state index in [1.54, 1.807) is 0 Å². The highest BCUT2D eigenvalue weighted by Crippen LogP contribution is 2.44. The van der Waals surface area contributed by atoms with Crippen molar-refractivity contribution in [1.29, 1.82) is 0 Å². The fourth-order valence-corrected chi connectivity index (χ4v) is 4.01. The van der Waals surface area contributed by atoms with Gasteiger partial charge in [-0.2, -0.15) is 5.10 Å². The molecule has 4 rings (SSSR count). The van der Waals surface area contributed by atoms with Crippen molar-refractivity contribution in [3.05, 3.63) is 41.6 Å². The first-order valence-electron chi connectivity index (χ1n) is 6.76. The van der Waals surface area contributed by atoms with Crippen LogP contribution in [-0.2, 0) is 7.05 Å². The molecule has 2 aromatic heterocycles. The highest BCUT2D eigenvalue weighted by atomic mass is 32.1. The summed E-state index contributed by atoms with van der Waals surface area (Å²) in [7, 11) is 2.08. The lowest BCUT2D eigenvalue weighted by molar-refractivity contribution is 0.714. The monoisotopic (exact) mass is 268 g/mol. The first-order chi connectivity index (χ1) is 9.24. The number of benzene rings is 1. The van der Waals surface area contributed by atoms with E-state index in [4.69, 9.17) is 5.10 Å². The molecule has 3 heteroatoms. The standard InChI is InChI=1S/C16H16N2S/c1-10-15(17-18(2)16(10)11-7-8-11)14-9-12-5-3-4-6-13(12)19-14/h3-6,9,11H,7-8H2,1-2H3. The van der Waals surface area contributed by atoms with E-state index in [1.165, 1.54) is 44.8 Å². The normalized spacial score (nSPS) is 15.3. The number of hydrogen-bond acceptors (Lipinski definition) is 2. The van der Waals surface area contributed by atoms with Crippen molar-refractivity contribution in [2.75, 3.05) is 0 Å². The van der Waals surface area contributed by atoms with E-state index in [-0.39, 0.29) is 0 Å². The van der Waals surface area contributed by atoms with Crippen LogP contribution in [0.15, 0.2) is 30.3 Å². The molecule has 0 spiro atoms. The molecule has 1 saturated carbocycles. The lowest BCUT2D eigenvalue weighted by atomic mass is 10.1. The fraction of sp³-hybridized carbons (Fsp3) is 0.312. The first-order valence-corrected chi connectivity index (χ1v) is 7.58. The summed E-state index contributed by atoms with van der Waals surface area (Å²) in [6.07, 6.45) is 2.65. The van der Waals surface area contributed by atoms with E-state index in [0.717, 1.165) is 5.92 Å². The Balaban J connectivity index is 1.89. The van der Waals surface area contributed by atoms with Crippen LogP contribution in [-0.4, -0.2) is 9.78 Å². The number of rotatable bonds is 2. The average Bonchev–Trinajstić information content (AvgIpc) is 3.05. The Bertz CT molecular complexity index is 729. The third-order valence-electron chi connectivity index (χ3n) is 3.96. The van der Waals surface area contributed by atoms with Crippen LogP contribution in [0.25, 0.3) is 20.7 Å². The van der Waals surface area contributed by atoms with Crippen LogP contribution in [0.4, 0.5) is 0 Å². The molecular formula is C16H16N2S. The second-order valence-corrected chi connectivity index (χ2v) is 6.49. The van der Waals surface area contributed by atoms with Gasteiger partial charge >= 0.3 is 0 Å². The molecule has 0 unspecified atom stereocenters. The van der Waals surface area contributed by atoms with Gasteiger partial charge in [-0.1, -0.05) is 18.2 Å². The second kappa shape index (κ2) is 3.94. The number of aromatic nitrogens is 2. The molecule has 96 valence electrons. The van der Waals surface area contributed by atoms with Crippen molar-refractivity contribution in [2.24, 2.45) is 7.05 Å². The zero-order valence-corrected chi connectivity index (χ0v) is 12.0. The van der Waals surface area contributed by atoms with Crippen LogP contribution >= 0.6 is 11.3 Å². The van der Waals surface area contributed by atoms with Gasteiger partial charge in [0.15, 0.2) is 0 Å². The van der Waals surface area contributed by atoms with Crippen LogP contribution in [0.3, 0.4) is 0 Å². The Hall–Kier alpha value is -1.61. The van der Waals surface area contributed by atoms with Crippen LogP contribution in [0.1, 0.15) is 30.0 Å². The van der Waals surface area contributed by atoms with Crippen molar-refractivity contribution < 1.29 is 0 Å². The number of aryl methyl sites for hydroxylation is 1. The quantitative estimate of drug-likeness (QED) is 0.669. The van der Waals surface area contributed by atoms with E-state index < -0.39 is 0 Å². The maximum Gasteiger partial charge on any atom is 0.105 e. The third kappa shape index (κ3) is 1.72. The fourth-order valence-electron chi connectivity index (χ4n) is 2.90. The Kier molecular flexibility index (Phi) is 2.33. The molecule has 0 bridgehead atoms. The number of hydrogen-bond donors (Lipinski definition) is 0. The highest BCUT2D eigenvalue weighted by molar-refractivity contribution is 7.22. The minimum Gasteiger partial charge on any atom is -0.271 e. The predicted octanol–water partition coefficient (Wildman–Crippen LogP) is 4.49. The number of nitrogens with zero attached hydrogens (tertiary/aromatic N) is 2. The highest BCUT2D eigenvalue weighted by Gasteiger charge is 2.30. The lowest BCUT2D eigenvalue weighted by Gasteiger charge is -1.99. The van der Waals surface area contributed by atoms with Crippen molar-refractivity contribution in [1.82, 2.24) is 9.78 Å². The molecule has 2 heterocycles.